The van der Waals surface area contributed by atoms with E-state index in [9.17, 15) is 4.79 Å². The minimum atomic E-state index is -0.227. The molecule has 1 saturated carbocycles. The van der Waals surface area contributed by atoms with Crippen LogP contribution in [-0.4, -0.2) is 41.5 Å². The molecule has 94 valence electrons. The predicted molar refractivity (Wildman–Crippen MR) is 72.3 cm³/mol. The maximum atomic E-state index is 11.2. The highest BCUT2D eigenvalue weighted by Gasteiger charge is 2.25. The highest BCUT2D eigenvalue weighted by Crippen LogP contribution is 2.29. The van der Waals surface area contributed by atoms with Crippen molar-refractivity contribution in [2.75, 3.05) is 19.4 Å². The summed E-state index contributed by atoms with van der Waals surface area (Å²) >= 11 is 5.36. The molecular formula is C11H20BrNO2S. The van der Waals surface area contributed by atoms with E-state index < -0.39 is 0 Å². The van der Waals surface area contributed by atoms with Gasteiger partial charge < -0.3 is 10.1 Å². The molecule has 1 fully saturated rings. The summed E-state index contributed by atoms with van der Waals surface area (Å²) in [6.07, 6.45) is 3.74. The summed E-state index contributed by atoms with van der Waals surface area (Å²) in [5, 5.41) is 4.22. The van der Waals surface area contributed by atoms with Crippen molar-refractivity contribution < 1.29 is 9.53 Å². The SMILES string of the molecule is CCSC1CCC(NCC(Br)C(=O)OC)C1. The Hall–Kier alpha value is 0.260. The van der Waals surface area contributed by atoms with Crippen LogP contribution in [-0.2, 0) is 9.53 Å². The van der Waals surface area contributed by atoms with Gasteiger partial charge in [-0.3, -0.25) is 4.79 Å². The van der Waals surface area contributed by atoms with Gasteiger partial charge in [-0.15, -0.1) is 0 Å². The second-order valence-corrected chi connectivity index (χ2v) is 6.67. The summed E-state index contributed by atoms with van der Waals surface area (Å²) in [5.41, 5.74) is 0. The van der Waals surface area contributed by atoms with E-state index in [1.54, 1.807) is 0 Å². The first-order valence-corrected chi connectivity index (χ1v) is 7.70. The molecule has 0 radical (unpaired) electrons. The molecule has 1 rings (SSSR count). The molecule has 0 saturated heterocycles. The Labute approximate surface area is 110 Å². The molecule has 5 heteroatoms. The van der Waals surface area contributed by atoms with Crippen molar-refractivity contribution in [1.82, 2.24) is 5.32 Å². The van der Waals surface area contributed by atoms with Crippen molar-refractivity contribution in [3.05, 3.63) is 0 Å². The number of methoxy groups -OCH3 is 1. The van der Waals surface area contributed by atoms with E-state index in [4.69, 9.17) is 0 Å². The second kappa shape index (κ2) is 7.56. The van der Waals surface area contributed by atoms with Crippen LogP contribution in [0.4, 0.5) is 0 Å². The maximum Gasteiger partial charge on any atom is 0.320 e. The molecular weight excluding hydrogens is 290 g/mol. The largest absolute Gasteiger partial charge is 0.468 e. The maximum absolute atomic E-state index is 11.2. The molecule has 3 unspecified atom stereocenters. The number of esters is 1. The van der Waals surface area contributed by atoms with Crippen LogP contribution in [0.5, 0.6) is 0 Å². The summed E-state index contributed by atoms with van der Waals surface area (Å²) in [7, 11) is 1.42. The fourth-order valence-corrected chi connectivity index (χ4v) is 3.51. The van der Waals surface area contributed by atoms with Crippen LogP contribution in [0.1, 0.15) is 26.2 Å². The zero-order valence-corrected chi connectivity index (χ0v) is 12.3. The lowest BCUT2D eigenvalue weighted by Crippen LogP contribution is -2.35. The number of alkyl halides is 1. The Morgan fingerprint density at radius 2 is 2.38 bits per heavy atom. The van der Waals surface area contributed by atoms with Gasteiger partial charge in [-0.05, 0) is 25.0 Å². The van der Waals surface area contributed by atoms with Gasteiger partial charge in [0, 0.05) is 17.8 Å². The average molecular weight is 310 g/mol. The minimum absolute atomic E-state index is 0.204. The van der Waals surface area contributed by atoms with Crippen molar-refractivity contribution in [1.29, 1.82) is 0 Å². The van der Waals surface area contributed by atoms with Gasteiger partial charge in [0.1, 0.15) is 4.83 Å². The van der Waals surface area contributed by atoms with Crippen molar-refractivity contribution in [3.8, 4) is 0 Å². The Kier molecular flexibility index (Phi) is 6.77. The van der Waals surface area contributed by atoms with E-state index in [1.165, 1.54) is 32.1 Å². The molecule has 0 aliphatic heterocycles. The number of carbonyl (C=O) groups excluding carboxylic acids is 1. The molecule has 0 aromatic carbocycles. The van der Waals surface area contributed by atoms with Gasteiger partial charge in [-0.25, -0.2) is 0 Å². The third kappa shape index (κ3) is 4.63. The van der Waals surface area contributed by atoms with Crippen molar-refractivity contribution >= 4 is 33.7 Å². The van der Waals surface area contributed by atoms with Gasteiger partial charge in [-0.2, -0.15) is 11.8 Å². The van der Waals surface area contributed by atoms with E-state index in [2.05, 4.69) is 32.9 Å². The lowest BCUT2D eigenvalue weighted by Gasteiger charge is -2.15. The van der Waals surface area contributed by atoms with Gasteiger partial charge in [0.05, 0.1) is 7.11 Å². The summed E-state index contributed by atoms with van der Waals surface area (Å²) in [4.78, 5) is 10.9. The number of rotatable bonds is 6. The van der Waals surface area contributed by atoms with Crippen molar-refractivity contribution in [2.45, 2.75) is 42.3 Å². The van der Waals surface area contributed by atoms with Crippen LogP contribution < -0.4 is 5.32 Å². The van der Waals surface area contributed by atoms with Crippen LogP contribution in [0.2, 0.25) is 0 Å². The molecule has 1 aliphatic carbocycles. The molecule has 0 aromatic rings. The Morgan fingerprint density at radius 1 is 1.62 bits per heavy atom. The summed E-state index contributed by atoms with van der Waals surface area (Å²) < 4.78 is 4.66. The topological polar surface area (TPSA) is 38.3 Å². The number of hydrogen-bond acceptors (Lipinski definition) is 4. The molecule has 1 aliphatic rings. The quantitative estimate of drug-likeness (QED) is 0.603. The fourth-order valence-electron chi connectivity index (χ4n) is 1.99. The molecule has 0 bridgehead atoms. The third-order valence-electron chi connectivity index (χ3n) is 2.83. The van der Waals surface area contributed by atoms with Gasteiger partial charge in [0.25, 0.3) is 0 Å². The first kappa shape index (κ1) is 14.3. The van der Waals surface area contributed by atoms with Crippen molar-refractivity contribution in [3.63, 3.8) is 0 Å². The third-order valence-corrected chi connectivity index (χ3v) is 4.76. The molecule has 0 spiro atoms. The standard InChI is InChI=1S/C11H20BrNO2S/c1-3-16-9-5-4-8(6-9)13-7-10(12)11(14)15-2/h8-10,13H,3-7H2,1-2H3. The Morgan fingerprint density at radius 3 is 3.00 bits per heavy atom. The van der Waals surface area contributed by atoms with E-state index in [-0.39, 0.29) is 10.8 Å². The number of thioether (sulfide) groups is 1. The molecule has 3 nitrogen and oxygen atoms in total. The lowest BCUT2D eigenvalue weighted by atomic mass is 10.2. The van der Waals surface area contributed by atoms with Crippen LogP contribution in [0.15, 0.2) is 0 Å². The minimum Gasteiger partial charge on any atom is -0.468 e. The zero-order chi connectivity index (χ0) is 12.0. The number of carbonyl (C=O) groups is 1. The van der Waals surface area contributed by atoms with Crippen LogP contribution in [0, 0.1) is 0 Å². The van der Waals surface area contributed by atoms with E-state index in [0.29, 0.717) is 12.6 Å². The Bertz CT molecular complexity index is 228. The average Bonchev–Trinajstić information content (AvgIpc) is 2.73. The molecule has 3 atom stereocenters. The monoisotopic (exact) mass is 309 g/mol. The number of halogens is 1. The number of ether oxygens (including phenoxy) is 1. The van der Waals surface area contributed by atoms with Crippen molar-refractivity contribution in [2.24, 2.45) is 0 Å². The van der Waals surface area contributed by atoms with Crippen LogP contribution >= 0.6 is 27.7 Å². The summed E-state index contributed by atoms with van der Waals surface area (Å²) in [6.45, 7) is 2.86. The lowest BCUT2D eigenvalue weighted by molar-refractivity contribution is -0.139. The van der Waals surface area contributed by atoms with Gasteiger partial charge in [0.15, 0.2) is 0 Å². The second-order valence-electron chi connectivity index (χ2n) is 3.99. The first-order chi connectivity index (χ1) is 7.67. The molecule has 0 aromatic heterocycles. The molecule has 1 N–H and O–H groups in total. The highest BCUT2D eigenvalue weighted by molar-refractivity contribution is 9.10. The first-order valence-electron chi connectivity index (χ1n) is 5.74. The molecule has 0 amide bonds. The van der Waals surface area contributed by atoms with Gasteiger partial charge in [0.2, 0.25) is 0 Å². The smallest absolute Gasteiger partial charge is 0.320 e. The summed E-state index contributed by atoms with van der Waals surface area (Å²) in [5.74, 6) is 0.991. The highest BCUT2D eigenvalue weighted by atomic mass is 79.9. The summed E-state index contributed by atoms with van der Waals surface area (Å²) in [6, 6.07) is 0.564. The van der Waals surface area contributed by atoms with E-state index >= 15 is 0 Å². The zero-order valence-electron chi connectivity index (χ0n) is 9.87. The van der Waals surface area contributed by atoms with Crippen LogP contribution in [0.3, 0.4) is 0 Å². The van der Waals surface area contributed by atoms with Gasteiger partial charge in [-0.1, -0.05) is 22.9 Å². The Balaban J connectivity index is 2.17. The predicted octanol–water partition coefficient (Wildman–Crippen LogP) is 2.19. The number of nitrogens with one attached hydrogen (secondary N) is 1. The van der Waals surface area contributed by atoms with E-state index in [1.807, 2.05) is 11.8 Å². The normalized spacial score (nSPS) is 26.7. The van der Waals surface area contributed by atoms with E-state index in [0.717, 1.165) is 5.25 Å². The number of hydrogen-bond donors (Lipinski definition) is 1. The van der Waals surface area contributed by atoms with Gasteiger partial charge >= 0.3 is 5.97 Å². The molecule has 16 heavy (non-hydrogen) atoms. The fraction of sp³-hybridized carbons (Fsp3) is 0.909. The molecule has 0 heterocycles. The van der Waals surface area contributed by atoms with Crippen LogP contribution in [0.25, 0.3) is 0 Å².